The van der Waals surface area contributed by atoms with Gasteiger partial charge in [0.05, 0.1) is 16.3 Å². The second-order valence-corrected chi connectivity index (χ2v) is 7.99. The van der Waals surface area contributed by atoms with Crippen LogP contribution in [0.3, 0.4) is 0 Å². The normalized spacial score (nSPS) is 11.2. The number of hydrogen-bond donors (Lipinski definition) is 2. The van der Waals surface area contributed by atoms with Gasteiger partial charge in [-0.2, -0.15) is 10.2 Å². The Balaban J connectivity index is 1.37. The monoisotopic (exact) mass is 489 g/mol. The molecule has 0 aliphatic rings. The smallest absolute Gasteiger partial charge is 0.289 e. The largest absolute Gasteiger partial charge is 0.489 e. The highest BCUT2D eigenvalue weighted by atomic mass is 35.5. The first-order valence-corrected chi connectivity index (χ1v) is 10.9. The van der Waals surface area contributed by atoms with Crippen molar-refractivity contribution in [1.82, 2.24) is 15.6 Å². The van der Waals surface area contributed by atoms with Gasteiger partial charge >= 0.3 is 0 Å². The van der Waals surface area contributed by atoms with Crippen molar-refractivity contribution in [1.29, 1.82) is 0 Å². The summed E-state index contributed by atoms with van der Waals surface area (Å²) < 4.78 is 5.79. The molecule has 0 saturated carbocycles. The van der Waals surface area contributed by atoms with E-state index in [0.717, 1.165) is 11.1 Å². The number of nitro benzene ring substituents is 1. The average Bonchev–Trinajstić information content (AvgIpc) is 3.37. The number of carbonyl (C=O) groups is 1. The molecule has 0 spiro atoms. The van der Waals surface area contributed by atoms with Crippen molar-refractivity contribution in [2.24, 2.45) is 5.10 Å². The van der Waals surface area contributed by atoms with Crippen LogP contribution in [-0.4, -0.2) is 26.7 Å². The number of non-ortho nitro benzene ring substituents is 1. The zero-order valence-corrected chi connectivity index (χ0v) is 19.3. The van der Waals surface area contributed by atoms with Crippen LogP contribution in [-0.2, 0) is 6.61 Å². The highest BCUT2D eigenvalue weighted by molar-refractivity contribution is 6.30. The van der Waals surface area contributed by atoms with Crippen LogP contribution in [0.4, 0.5) is 5.69 Å². The Morgan fingerprint density at radius 1 is 1.11 bits per heavy atom. The van der Waals surface area contributed by atoms with Gasteiger partial charge in [-0.3, -0.25) is 20.0 Å². The summed E-state index contributed by atoms with van der Waals surface area (Å²) in [6.45, 7) is 2.06. The average molecular weight is 490 g/mol. The SMILES string of the molecule is C/C(=N/NC(=O)c1cc(-c2ccc(OCc3ccc(Cl)cc3)cc2)n[nH]1)c1cccc([N+](=O)[O-])c1. The van der Waals surface area contributed by atoms with E-state index in [1.807, 2.05) is 48.5 Å². The zero-order valence-electron chi connectivity index (χ0n) is 18.6. The first kappa shape index (κ1) is 23.7. The van der Waals surface area contributed by atoms with E-state index < -0.39 is 10.8 Å². The lowest BCUT2D eigenvalue weighted by molar-refractivity contribution is -0.384. The van der Waals surface area contributed by atoms with Crippen LogP contribution in [0.2, 0.25) is 5.02 Å². The van der Waals surface area contributed by atoms with Gasteiger partial charge in [0.1, 0.15) is 18.1 Å². The molecule has 1 heterocycles. The molecule has 1 amide bonds. The van der Waals surface area contributed by atoms with E-state index in [9.17, 15) is 14.9 Å². The van der Waals surface area contributed by atoms with E-state index >= 15 is 0 Å². The number of aromatic amines is 1. The quantitative estimate of drug-likeness (QED) is 0.195. The minimum absolute atomic E-state index is 0.0528. The van der Waals surface area contributed by atoms with Crippen LogP contribution in [0.15, 0.2) is 84.0 Å². The van der Waals surface area contributed by atoms with Gasteiger partial charge < -0.3 is 4.74 Å². The number of ether oxygens (including phenoxy) is 1. The van der Waals surface area contributed by atoms with Crippen molar-refractivity contribution in [3.8, 4) is 17.0 Å². The number of halogens is 1. The van der Waals surface area contributed by atoms with Crippen LogP contribution in [0.25, 0.3) is 11.3 Å². The Kier molecular flexibility index (Phi) is 7.18. The molecule has 3 aromatic carbocycles. The lowest BCUT2D eigenvalue weighted by atomic mass is 10.1. The van der Waals surface area contributed by atoms with Gasteiger partial charge in [-0.05, 0) is 55.0 Å². The predicted molar refractivity (Wildman–Crippen MR) is 133 cm³/mol. The fraction of sp³-hybridized carbons (Fsp3) is 0.0800. The van der Waals surface area contributed by atoms with Gasteiger partial charge in [-0.15, -0.1) is 0 Å². The number of aromatic nitrogens is 2. The van der Waals surface area contributed by atoms with Crippen LogP contribution in [0, 0.1) is 10.1 Å². The van der Waals surface area contributed by atoms with Gasteiger partial charge in [0.25, 0.3) is 11.6 Å². The van der Waals surface area contributed by atoms with Crippen molar-refractivity contribution in [3.63, 3.8) is 0 Å². The van der Waals surface area contributed by atoms with E-state index in [1.54, 1.807) is 25.1 Å². The minimum Gasteiger partial charge on any atom is -0.489 e. The highest BCUT2D eigenvalue weighted by Crippen LogP contribution is 2.22. The number of H-pyrrole nitrogens is 1. The second-order valence-electron chi connectivity index (χ2n) is 7.55. The summed E-state index contributed by atoms with van der Waals surface area (Å²) in [5.74, 6) is 0.208. The van der Waals surface area contributed by atoms with Crippen molar-refractivity contribution < 1.29 is 14.5 Å². The lowest BCUT2D eigenvalue weighted by Crippen LogP contribution is -2.19. The Bertz CT molecular complexity index is 1380. The van der Waals surface area contributed by atoms with Crippen molar-refractivity contribution in [2.45, 2.75) is 13.5 Å². The summed E-state index contributed by atoms with van der Waals surface area (Å²) in [7, 11) is 0. The maximum absolute atomic E-state index is 12.5. The number of amides is 1. The molecule has 0 unspecified atom stereocenters. The summed E-state index contributed by atoms with van der Waals surface area (Å²) in [4.78, 5) is 22.9. The van der Waals surface area contributed by atoms with Crippen molar-refractivity contribution >= 4 is 28.9 Å². The topological polar surface area (TPSA) is 123 Å². The third kappa shape index (κ3) is 6.10. The molecule has 4 aromatic rings. The van der Waals surface area contributed by atoms with Crippen molar-refractivity contribution in [3.05, 3.63) is 111 Å². The summed E-state index contributed by atoms with van der Waals surface area (Å²) in [5.41, 5.74) is 5.95. The molecule has 0 saturated heterocycles. The fourth-order valence-electron chi connectivity index (χ4n) is 3.16. The van der Waals surface area contributed by atoms with Gasteiger partial charge in [0.15, 0.2) is 0 Å². The summed E-state index contributed by atoms with van der Waals surface area (Å²) in [5, 5.41) is 22.5. The number of nitrogens with zero attached hydrogens (tertiary/aromatic N) is 3. The Morgan fingerprint density at radius 2 is 1.86 bits per heavy atom. The molecule has 10 heteroatoms. The molecule has 2 N–H and O–H groups in total. The first-order chi connectivity index (χ1) is 16.9. The lowest BCUT2D eigenvalue weighted by Gasteiger charge is -2.07. The van der Waals surface area contributed by atoms with Crippen LogP contribution < -0.4 is 10.2 Å². The van der Waals surface area contributed by atoms with E-state index in [2.05, 4.69) is 20.7 Å². The molecule has 0 atom stereocenters. The molecule has 0 aliphatic carbocycles. The maximum Gasteiger partial charge on any atom is 0.289 e. The number of carbonyl (C=O) groups excluding carboxylic acids is 1. The molecular formula is C25H20ClN5O4. The number of nitrogens with one attached hydrogen (secondary N) is 2. The third-order valence-corrected chi connectivity index (χ3v) is 5.34. The van der Waals surface area contributed by atoms with Gasteiger partial charge in [0, 0.05) is 28.3 Å². The first-order valence-electron chi connectivity index (χ1n) is 10.5. The zero-order chi connectivity index (χ0) is 24.8. The number of hydrazone groups is 1. The van der Waals surface area contributed by atoms with Gasteiger partial charge in [0.2, 0.25) is 0 Å². The molecule has 176 valence electrons. The highest BCUT2D eigenvalue weighted by Gasteiger charge is 2.12. The predicted octanol–water partition coefficient (Wildman–Crippen LogP) is 5.37. The van der Waals surface area contributed by atoms with Crippen LogP contribution in [0.1, 0.15) is 28.5 Å². The van der Waals surface area contributed by atoms with Gasteiger partial charge in [-0.1, -0.05) is 35.9 Å². The Hall–Kier alpha value is -4.50. The Labute approximate surface area is 205 Å². The fourth-order valence-corrected chi connectivity index (χ4v) is 3.29. The molecule has 4 rings (SSSR count). The van der Waals surface area contributed by atoms with Crippen LogP contribution >= 0.6 is 11.6 Å². The standard InChI is InChI=1S/C25H20ClN5O4/c1-16(19-3-2-4-21(13-19)31(33)34)27-30-25(32)24-14-23(28-29-24)18-7-11-22(12-8-18)35-15-17-5-9-20(26)10-6-17/h2-14H,15H2,1H3,(H,28,29)(H,30,32)/b27-16-. The molecule has 0 radical (unpaired) electrons. The van der Waals surface area contributed by atoms with E-state index in [-0.39, 0.29) is 11.4 Å². The molecule has 1 aromatic heterocycles. The van der Waals surface area contributed by atoms with E-state index in [1.165, 1.54) is 12.1 Å². The third-order valence-electron chi connectivity index (χ3n) is 5.09. The summed E-state index contributed by atoms with van der Waals surface area (Å²) in [6, 6.07) is 22.4. The van der Waals surface area contributed by atoms with E-state index in [0.29, 0.717) is 34.3 Å². The number of benzene rings is 3. The molecule has 0 aliphatic heterocycles. The maximum atomic E-state index is 12.5. The summed E-state index contributed by atoms with van der Waals surface area (Å²) >= 11 is 5.90. The van der Waals surface area contributed by atoms with Gasteiger partial charge in [-0.25, -0.2) is 5.43 Å². The number of nitro groups is 1. The number of rotatable bonds is 8. The summed E-state index contributed by atoms with van der Waals surface area (Å²) in [6.07, 6.45) is 0. The molecule has 0 fully saturated rings. The minimum atomic E-state index is -0.489. The van der Waals surface area contributed by atoms with Crippen molar-refractivity contribution in [2.75, 3.05) is 0 Å². The second kappa shape index (κ2) is 10.6. The number of hydrogen-bond acceptors (Lipinski definition) is 6. The molecule has 0 bridgehead atoms. The molecule has 35 heavy (non-hydrogen) atoms. The van der Waals surface area contributed by atoms with E-state index in [4.69, 9.17) is 16.3 Å². The molecular weight excluding hydrogens is 470 g/mol. The molecule has 9 nitrogen and oxygen atoms in total. The van der Waals surface area contributed by atoms with Crippen LogP contribution in [0.5, 0.6) is 5.75 Å². The Morgan fingerprint density at radius 3 is 2.57 bits per heavy atom.